The van der Waals surface area contributed by atoms with Crippen LogP contribution in [0.1, 0.15) is 207 Å². The van der Waals surface area contributed by atoms with Crippen molar-refractivity contribution in [2.45, 2.75) is 225 Å². The summed E-state index contributed by atoms with van der Waals surface area (Å²) in [5, 5.41) is 23.6. The molecule has 0 aromatic heterocycles. The van der Waals surface area contributed by atoms with Crippen molar-refractivity contribution in [1.82, 2.24) is 5.32 Å². The molecule has 3 N–H and O–H groups in total. The Morgan fingerprint density at radius 3 is 1.61 bits per heavy atom. The van der Waals surface area contributed by atoms with Crippen molar-refractivity contribution in [2.24, 2.45) is 0 Å². The van der Waals surface area contributed by atoms with Crippen molar-refractivity contribution in [3.05, 3.63) is 60.8 Å². The number of nitrogens with one attached hydrogen (secondary N) is 1. The summed E-state index contributed by atoms with van der Waals surface area (Å²) in [5.41, 5.74) is 0. The zero-order valence-electron chi connectivity index (χ0n) is 35.3. The Morgan fingerprint density at radius 2 is 1.02 bits per heavy atom. The maximum atomic E-state index is 13.1. The fourth-order valence-electron chi connectivity index (χ4n) is 6.49. The molecule has 0 spiro atoms. The number of unbranched alkanes of at least 4 members (excludes halogenated alkanes) is 20. The van der Waals surface area contributed by atoms with Gasteiger partial charge in [-0.25, -0.2) is 0 Å². The van der Waals surface area contributed by atoms with Crippen LogP contribution >= 0.6 is 0 Å². The molecule has 0 aliphatic heterocycles. The van der Waals surface area contributed by atoms with Crippen molar-refractivity contribution in [2.75, 3.05) is 6.61 Å². The molecule has 54 heavy (non-hydrogen) atoms. The fraction of sp³-hybridized carbons (Fsp3) is 0.750. The zero-order valence-corrected chi connectivity index (χ0v) is 35.3. The van der Waals surface area contributed by atoms with Gasteiger partial charge in [0.1, 0.15) is 6.10 Å². The van der Waals surface area contributed by atoms with Crippen LogP contribution in [0.25, 0.3) is 0 Å². The average Bonchev–Trinajstić information content (AvgIpc) is 3.16. The van der Waals surface area contributed by atoms with Gasteiger partial charge in [0.2, 0.25) is 5.91 Å². The monoisotopic (exact) mass is 756 g/mol. The fourth-order valence-corrected chi connectivity index (χ4v) is 6.49. The minimum Gasteiger partial charge on any atom is -0.462 e. The third-order valence-corrected chi connectivity index (χ3v) is 9.93. The summed E-state index contributed by atoms with van der Waals surface area (Å²) in [6.07, 6.45) is 49.9. The van der Waals surface area contributed by atoms with Gasteiger partial charge in [-0.05, 0) is 70.6 Å². The van der Waals surface area contributed by atoms with Crippen LogP contribution in [-0.4, -0.2) is 46.9 Å². The van der Waals surface area contributed by atoms with Crippen LogP contribution < -0.4 is 5.32 Å². The summed E-state index contributed by atoms with van der Waals surface area (Å²) in [4.78, 5) is 25.9. The molecule has 0 aliphatic rings. The Kier molecular flexibility index (Phi) is 39.8. The van der Waals surface area contributed by atoms with Gasteiger partial charge in [0.15, 0.2) is 0 Å². The van der Waals surface area contributed by atoms with Gasteiger partial charge in [-0.1, -0.05) is 184 Å². The molecule has 0 aliphatic carbocycles. The summed E-state index contributed by atoms with van der Waals surface area (Å²) in [5.74, 6) is -0.541. The molecule has 1 amide bonds. The quantitative estimate of drug-likeness (QED) is 0.0251. The SMILES string of the molecule is CC/C=C/C=C/C=C\C=C/CCCCCC(=O)OC(CCCCC/C=C\CCCCC)CC(=O)NC(CO)C(O)CCCCCCCCCCCCCC. The molecular weight excluding hydrogens is 671 g/mol. The van der Waals surface area contributed by atoms with Gasteiger partial charge in [-0.2, -0.15) is 0 Å². The molecular formula is C48H85NO5. The molecule has 3 atom stereocenters. The Hall–Kier alpha value is -2.44. The number of esters is 1. The van der Waals surface area contributed by atoms with Crippen LogP contribution in [-0.2, 0) is 14.3 Å². The molecule has 0 aromatic rings. The van der Waals surface area contributed by atoms with E-state index in [9.17, 15) is 19.8 Å². The minimum absolute atomic E-state index is 0.0489. The molecule has 0 heterocycles. The number of aliphatic hydroxyl groups is 2. The lowest BCUT2D eigenvalue weighted by atomic mass is 10.0. The molecule has 0 saturated heterocycles. The number of aliphatic hydroxyl groups excluding tert-OH is 2. The standard InChI is InChI=1S/C48H85NO5/c1-4-7-10-13-16-19-22-24-26-29-32-35-38-41-48(53)54-44(39-36-33-30-27-21-18-15-12-9-6-3)42-47(52)49-45(43-50)46(51)40-37-34-31-28-25-23-20-17-14-11-8-5-2/h7,10,13,16,18-19,21-22,24,26,44-46,50-51H,4-6,8-9,11-12,14-15,17,20,23,25,27-43H2,1-3H3,(H,49,52)/b10-7+,16-13+,21-18-,22-19-,26-24-. The van der Waals surface area contributed by atoms with E-state index in [-0.39, 0.29) is 24.9 Å². The van der Waals surface area contributed by atoms with E-state index in [1.54, 1.807) is 0 Å². The van der Waals surface area contributed by atoms with E-state index < -0.39 is 18.2 Å². The first kappa shape index (κ1) is 51.6. The predicted octanol–water partition coefficient (Wildman–Crippen LogP) is 12.9. The molecule has 312 valence electrons. The first-order chi connectivity index (χ1) is 26.5. The van der Waals surface area contributed by atoms with Gasteiger partial charge in [0, 0.05) is 6.42 Å². The van der Waals surface area contributed by atoms with Crippen LogP contribution in [0, 0.1) is 0 Å². The van der Waals surface area contributed by atoms with E-state index >= 15 is 0 Å². The Balaban J connectivity index is 4.65. The van der Waals surface area contributed by atoms with E-state index in [4.69, 9.17) is 4.74 Å². The smallest absolute Gasteiger partial charge is 0.306 e. The number of allylic oxidation sites excluding steroid dienone is 10. The van der Waals surface area contributed by atoms with E-state index in [2.05, 4.69) is 56.5 Å². The maximum Gasteiger partial charge on any atom is 0.306 e. The summed E-state index contributed by atoms with van der Waals surface area (Å²) in [6, 6.07) is -0.713. The molecule has 6 heteroatoms. The number of rotatable bonds is 39. The maximum absolute atomic E-state index is 13.1. The third-order valence-electron chi connectivity index (χ3n) is 9.93. The third kappa shape index (κ3) is 36.5. The van der Waals surface area contributed by atoms with Gasteiger partial charge in [-0.3, -0.25) is 9.59 Å². The van der Waals surface area contributed by atoms with Gasteiger partial charge in [0.25, 0.3) is 0 Å². The highest BCUT2D eigenvalue weighted by Crippen LogP contribution is 2.17. The van der Waals surface area contributed by atoms with E-state index in [0.29, 0.717) is 19.3 Å². The van der Waals surface area contributed by atoms with Gasteiger partial charge in [0.05, 0.1) is 25.2 Å². The largest absolute Gasteiger partial charge is 0.462 e. The average molecular weight is 756 g/mol. The second kappa shape index (κ2) is 41.7. The summed E-state index contributed by atoms with van der Waals surface area (Å²) >= 11 is 0. The molecule has 3 unspecified atom stereocenters. The molecule has 0 fully saturated rings. The molecule has 0 saturated carbocycles. The van der Waals surface area contributed by atoms with Crippen LogP contribution in [0.3, 0.4) is 0 Å². The van der Waals surface area contributed by atoms with Gasteiger partial charge >= 0.3 is 5.97 Å². The highest BCUT2D eigenvalue weighted by molar-refractivity contribution is 5.77. The summed E-state index contributed by atoms with van der Waals surface area (Å²) < 4.78 is 5.86. The molecule has 0 bridgehead atoms. The number of ether oxygens (including phenoxy) is 1. The van der Waals surface area contributed by atoms with Crippen LogP contribution in [0.4, 0.5) is 0 Å². The first-order valence-corrected chi connectivity index (χ1v) is 22.6. The summed E-state index contributed by atoms with van der Waals surface area (Å²) in [7, 11) is 0. The number of carbonyl (C=O) groups is 2. The van der Waals surface area contributed by atoms with Crippen molar-refractivity contribution in [3.63, 3.8) is 0 Å². The zero-order chi connectivity index (χ0) is 39.6. The Labute approximate surface area is 333 Å². The predicted molar refractivity (Wildman–Crippen MR) is 232 cm³/mol. The first-order valence-electron chi connectivity index (χ1n) is 22.6. The normalized spacial score (nSPS) is 13.9. The highest BCUT2D eigenvalue weighted by Gasteiger charge is 2.24. The highest BCUT2D eigenvalue weighted by atomic mass is 16.5. The van der Waals surface area contributed by atoms with E-state index in [1.807, 2.05) is 30.4 Å². The lowest BCUT2D eigenvalue weighted by Crippen LogP contribution is -2.46. The van der Waals surface area contributed by atoms with Crippen molar-refractivity contribution < 1.29 is 24.5 Å². The number of carbonyl (C=O) groups excluding carboxylic acids is 2. The van der Waals surface area contributed by atoms with Gasteiger partial charge < -0.3 is 20.3 Å². The Bertz CT molecular complexity index is 984. The van der Waals surface area contributed by atoms with Crippen molar-refractivity contribution in [3.8, 4) is 0 Å². The molecule has 0 rings (SSSR count). The second-order valence-corrected chi connectivity index (χ2v) is 15.2. The molecule has 6 nitrogen and oxygen atoms in total. The summed E-state index contributed by atoms with van der Waals surface area (Å²) in [6.45, 7) is 6.28. The molecule has 0 radical (unpaired) electrons. The van der Waals surface area contributed by atoms with Gasteiger partial charge in [-0.15, -0.1) is 0 Å². The lowest BCUT2D eigenvalue weighted by Gasteiger charge is -2.24. The molecule has 0 aromatic carbocycles. The second-order valence-electron chi connectivity index (χ2n) is 15.2. The van der Waals surface area contributed by atoms with Crippen LogP contribution in [0.2, 0.25) is 0 Å². The van der Waals surface area contributed by atoms with E-state index in [1.165, 1.54) is 77.0 Å². The van der Waals surface area contributed by atoms with E-state index in [0.717, 1.165) is 83.5 Å². The van der Waals surface area contributed by atoms with Crippen LogP contribution in [0.5, 0.6) is 0 Å². The number of hydrogen-bond acceptors (Lipinski definition) is 5. The van der Waals surface area contributed by atoms with Crippen molar-refractivity contribution >= 4 is 11.9 Å². The lowest BCUT2D eigenvalue weighted by molar-refractivity contribution is -0.151. The Morgan fingerprint density at radius 1 is 0.556 bits per heavy atom. The number of amides is 1. The van der Waals surface area contributed by atoms with Crippen LogP contribution in [0.15, 0.2) is 60.8 Å². The number of hydrogen-bond donors (Lipinski definition) is 3. The topological polar surface area (TPSA) is 95.9 Å². The van der Waals surface area contributed by atoms with Crippen molar-refractivity contribution in [1.29, 1.82) is 0 Å². The minimum atomic E-state index is -0.797.